The third-order valence-corrected chi connectivity index (χ3v) is 3.27. The highest BCUT2D eigenvalue weighted by Gasteiger charge is 2.12. The van der Waals surface area contributed by atoms with Crippen LogP contribution >= 0.6 is 0 Å². The lowest BCUT2D eigenvalue weighted by Gasteiger charge is -2.07. The summed E-state index contributed by atoms with van der Waals surface area (Å²) in [5.74, 6) is 0.322. The molecule has 20 heavy (non-hydrogen) atoms. The zero-order valence-corrected chi connectivity index (χ0v) is 11.0. The van der Waals surface area contributed by atoms with Gasteiger partial charge < -0.3 is 4.98 Å². The van der Waals surface area contributed by atoms with Crippen LogP contribution in [0.5, 0.6) is 0 Å². The average molecular weight is 263 g/mol. The largest absolute Gasteiger partial charge is 0.345 e. The molecule has 0 spiro atoms. The Morgan fingerprint density at radius 3 is 3.00 bits per heavy atom. The number of rotatable bonds is 3. The van der Waals surface area contributed by atoms with Crippen LogP contribution < -0.4 is 0 Å². The number of nitriles is 1. The van der Waals surface area contributed by atoms with Gasteiger partial charge in [0.15, 0.2) is 0 Å². The van der Waals surface area contributed by atoms with Gasteiger partial charge in [0.1, 0.15) is 11.7 Å². The molecule has 0 fully saturated rings. The molecule has 2 aromatic heterocycles. The van der Waals surface area contributed by atoms with Crippen molar-refractivity contribution in [2.24, 2.45) is 0 Å². The van der Waals surface area contributed by atoms with E-state index in [0.717, 1.165) is 22.3 Å². The monoisotopic (exact) mass is 263 g/mol. The van der Waals surface area contributed by atoms with Crippen molar-refractivity contribution in [1.29, 1.82) is 5.26 Å². The first-order valence-corrected chi connectivity index (χ1v) is 6.48. The molecule has 0 aliphatic heterocycles. The lowest BCUT2D eigenvalue weighted by atomic mass is 10.1. The standard InChI is InChI=1S/C15H13N5/c1-2-10(8-16)15-17-6-5-12(20-15)11-3-4-13-14(7-11)19-9-18-13/h3-7,9-10H,2H2,1H3,(H,18,19). The number of nitrogens with zero attached hydrogens (tertiary/aromatic N) is 4. The first-order chi connectivity index (χ1) is 9.81. The quantitative estimate of drug-likeness (QED) is 0.787. The molecule has 5 heteroatoms. The van der Waals surface area contributed by atoms with Gasteiger partial charge in [0.25, 0.3) is 0 Å². The second-order valence-corrected chi connectivity index (χ2v) is 4.52. The average Bonchev–Trinajstić information content (AvgIpc) is 2.96. The SMILES string of the molecule is CCC(C#N)c1nccc(-c2ccc3nc[nH]c3c2)n1. The minimum atomic E-state index is -0.258. The number of nitrogens with one attached hydrogen (secondary N) is 1. The molecular weight excluding hydrogens is 250 g/mol. The summed E-state index contributed by atoms with van der Waals surface area (Å²) >= 11 is 0. The second kappa shape index (κ2) is 5.10. The zero-order valence-electron chi connectivity index (χ0n) is 11.0. The molecule has 0 saturated heterocycles. The third-order valence-electron chi connectivity index (χ3n) is 3.27. The van der Waals surface area contributed by atoms with Crippen LogP contribution in [-0.2, 0) is 0 Å². The van der Waals surface area contributed by atoms with Crippen LogP contribution in [0.1, 0.15) is 25.1 Å². The number of imidazole rings is 1. The van der Waals surface area contributed by atoms with E-state index in [1.807, 2.05) is 31.2 Å². The molecule has 3 aromatic rings. The number of H-pyrrole nitrogens is 1. The summed E-state index contributed by atoms with van der Waals surface area (Å²) in [6.07, 6.45) is 4.08. The molecular formula is C15H13N5. The number of aromatic nitrogens is 4. The van der Waals surface area contributed by atoms with E-state index in [9.17, 15) is 0 Å². The van der Waals surface area contributed by atoms with E-state index >= 15 is 0 Å². The van der Waals surface area contributed by atoms with Gasteiger partial charge in [0.05, 0.1) is 29.1 Å². The molecule has 0 radical (unpaired) electrons. The minimum absolute atomic E-state index is 0.258. The van der Waals surface area contributed by atoms with Gasteiger partial charge in [0.2, 0.25) is 0 Å². The van der Waals surface area contributed by atoms with Gasteiger partial charge in [-0.05, 0) is 24.6 Å². The molecule has 5 nitrogen and oxygen atoms in total. The highest BCUT2D eigenvalue weighted by atomic mass is 14.9. The topological polar surface area (TPSA) is 78.2 Å². The maximum Gasteiger partial charge on any atom is 0.146 e. The van der Waals surface area contributed by atoms with Gasteiger partial charge in [0, 0.05) is 11.8 Å². The Morgan fingerprint density at radius 2 is 2.20 bits per heavy atom. The molecule has 0 aliphatic rings. The maximum atomic E-state index is 9.11. The number of hydrogen-bond acceptors (Lipinski definition) is 4. The molecule has 3 rings (SSSR count). The summed E-state index contributed by atoms with van der Waals surface area (Å²) in [6.45, 7) is 1.96. The molecule has 0 saturated carbocycles. The molecule has 98 valence electrons. The Kier molecular flexibility index (Phi) is 3.13. The van der Waals surface area contributed by atoms with Crippen LogP contribution in [-0.4, -0.2) is 19.9 Å². The smallest absolute Gasteiger partial charge is 0.146 e. The first kappa shape index (κ1) is 12.3. The van der Waals surface area contributed by atoms with E-state index in [0.29, 0.717) is 12.2 Å². The minimum Gasteiger partial charge on any atom is -0.345 e. The van der Waals surface area contributed by atoms with Crippen LogP contribution in [0, 0.1) is 11.3 Å². The van der Waals surface area contributed by atoms with Crippen molar-refractivity contribution in [3.63, 3.8) is 0 Å². The van der Waals surface area contributed by atoms with Crippen molar-refractivity contribution in [3.8, 4) is 17.3 Å². The van der Waals surface area contributed by atoms with Crippen molar-refractivity contribution in [3.05, 3.63) is 42.6 Å². The van der Waals surface area contributed by atoms with Crippen molar-refractivity contribution in [1.82, 2.24) is 19.9 Å². The fraction of sp³-hybridized carbons (Fsp3) is 0.200. The summed E-state index contributed by atoms with van der Waals surface area (Å²) in [7, 11) is 0. The number of aromatic amines is 1. The Bertz CT molecular complexity index is 784. The Hall–Kier alpha value is -2.74. The van der Waals surface area contributed by atoms with Crippen molar-refractivity contribution in [2.45, 2.75) is 19.3 Å². The summed E-state index contributed by atoms with van der Waals surface area (Å²) < 4.78 is 0. The predicted octanol–water partition coefficient (Wildman–Crippen LogP) is 3.04. The lowest BCUT2D eigenvalue weighted by molar-refractivity contribution is 0.752. The molecule has 2 heterocycles. The van der Waals surface area contributed by atoms with E-state index in [2.05, 4.69) is 26.0 Å². The molecule has 1 atom stereocenters. The Balaban J connectivity index is 2.05. The number of benzene rings is 1. The predicted molar refractivity (Wildman–Crippen MR) is 75.8 cm³/mol. The van der Waals surface area contributed by atoms with E-state index in [4.69, 9.17) is 5.26 Å². The van der Waals surface area contributed by atoms with Crippen molar-refractivity contribution >= 4 is 11.0 Å². The zero-order chi connectivity index (χ0) is 13.9. The molecule has 1 N–H and O–H groups in total. The maximum absolute atomic E-state index is 9.11. The molecule has 1 aromatic carbocycles. The molecule has 0 aliphatic carbocycles. The normalized spacial score (nSPS) is 12.2. The van der Waals surface area contributed by atoms with E-state index in [1.54, 1.807) is 12.5 Å². The van der Waals surface area contributed by atoms with Gasteiger partial charge in [-0.15, -0.1) is 0 Å². The Morgan fingerprint density at radius 1 is 1.30 bits per heavy atom. The summed E-state index contributed by atoms with van der Waals surface area (Å²) in [5, 5.41) is 9.11. The third kappa shape index (κ3) is 2.12. The summed E-state index contributed by atoms with van der Waals surface area (Å²) in [4.78, 5) is 16.0. The van der Waals surface area contributed by atoms with Crippen molar-refractivity contribution in [2.75, 3.05) is 0 Å². The van der Waals surface area contributed by atoms with Crippen LogP contribution in [0.3, 0.4) is 0 Å². The van der Waals surface area contributed by atoms with Gasteiger partial charge in [-0.25, -0.2) is 15.0 Å². The first-order valence-electron chi connectivity index (χ1n) is 6.48. The van der Waals surface area contributed by atoms with Crippen LogP contribution in [0.4, 0.5) is 0 Å². The highest BCUT2D eigenvalue weighted by molar-refractivity contribution is 5.80. The van der Waals surface area contributed by atoms with Crippen LogP contribution in [0.25, 0.3) is 22.3 Å². The molecule has 0 bridgehead atoms. The molecule has 1 unspecified atom stereocenters. The van der Waals surface area contributed by atoms with Crippen LogP contribution in [0.15, 0.2) is 36.8 Å². The summed E-state index contributed by atoms with van der Waals surface area (Å²) in [6, 6.07) is 10.0. The molecule has 0 amide bonds. The summed E-state index contributed by atoms with van der Waals surface area (Å²) in [5.41, 5.74) is 3.69. The second-order valence-electron chi connectivity index (χ2n) is 4.52. The highest BCUT2D eigenvalue weighted by Crippen LogP contribution is 2.23. The van der Waals surface area contributed by atoms with Crippen molar-refractivity contribution < 1.29 is 0 Å². The lowest BCUT2D eigenvalue weighted by Crippen LogP contribution is -2.01. The van der Waals surface area contributed by atoms with E-state index in [-0.39, 0.29) is 5.92 Å². The fourth-order valence-corrected chi connectivity index (χ4v) is 2.13. The van der Waals surface area contributed by atoms with Gasteiger partial charge in [-0.1, -0.05) is 13.0 Å². The number of hydrogen-bond donors (Lipinski definition) is 1. The fourth-order valence-electron chi connectivity index (χ4n) is 2.13. The van der Waals surface area contributed by atoms with Gasteiger partial charge >= 0.3 is 0 Å². The Labute approximate surface area is 116 Å². The van der Waals surface area contributed by atoms with E-state index < -0.39 is 0 Å². The number of fused-ring (bicyclic) bond motifs is 1. The van der Waals surface area contributed by atoms with E-state index in [1.165, 1.54) is 0 Å². The van der Waals surface area contributed by atoms with Gasteiger partial charge in [-0.3, -0.25) is 0 Å². The van der Waals surface area contributed by atoms with Crippen LogP contribution in [0.2, 0.25) is 0 Å². The van der Waals surface area contributed by atoms with Gasteiger partial charge in [-0.2, -0.15) is 5.26 Å².